The van der Waals surface area contributed by atoms with Crippen LogP contribution in [0.15, 0.2) is 36.5 Å². The molecule has 6 nitrogen and oxygen atoms in total. The van der Waals surface area contributed by atoms with Crippen molar-refractivity contribution in [3.8, 4) is 0 Å². The van der Waals surface area contributed by atoms with E-state index in [1.807, 2.05) is 13.8 Å². The number of aromatic nitrogens is 2. The number of hydrogen-bond donors (Lipinski definition) is 1. The molecule has 1 saturated heterocycles. The maximum Gasteiger partial charge on any atom is 0.270 e. The SMILES string of the molecule is CCC(C)NC(=O)c1ccnc(N2CCN(c3cccc(C)c3)CC2)n1. The predicted octanol–water partition coefficient (Wildman–Crippen LogP) is 2.64. The van der Waals surface area contributed by atoms with Crippen molar-refractivity contribution in [2.45, 2.75) is 33.2 Å². The highest BCUT2D eigenvalue weighted by molar-refractivity contribution is 5.92. The molecular formula is C20H27N5O. The molecule has 1 aromatic carbocycles. The second-order valence-corrected chi connectivity index (χ2v) is 6.84. The standard InChI is InChI=1S/C20H27N5O/c1-4-16(3)22-19(26)18-8-9-21-20(23-18)25-12-10-24(11-13-25)17-7-5-6-15(2)14-17/h5-9,14,16H,4,10-13H2,1-3H3,(H,22,26). The lowest BCUT2D eigenvalue weighted by molar-refractivity contribution is 0.0934. The lowest BCUT2D eigenvalue weighted by atomic mass is 10.2. The largest absolute Gasteiger partial charge is 0.368 e. The third kappa shape index (κ3) is 4.31. The molecule has 138 valence electrons. The monoisotopic (exact) mass is 353 g/mol. The van der Waals surface area contributed by atoms with E-state index in [-0.39, 0.29) is 11.9 Å². The van der Waals surface area contributed by atoms with E-state index in [0.29, 0.717) is 11.6 Å². The summed E-state index contributed by atoms with van der Waals surface area (Å²) in [6.07, 6.45) is 2.56. The highest BCUT2D eigenvalue weighted by atomic mass is 16.1. The average Bonchev–Trinajstić information content (AvgIpc) is 2.68. The highest BCUT2D eigenvalue weighted by Gasteiger charge is 2.20. The first kappa shape index (κ1) is 18.2. The number of nitrogens with zero attached hydrogens (tertiary/aromatic N) is 4. The molecular weight excluding hydrogens is 326 g/mol. The number of benzene rings is 1. The van der Waals surface area contributed by atoms with Crippen LogP contribution in [0.2, 0.25) is 0 Å². The summed E-state index contributed by atoms with van der Waals surface area (Å²) in [6, 6.07) is 10.4. The van der Waals surface area contributed by atoms with Gasteiger partial charge in [0.05, 0.1) is 0 Å². The van der Waals surface area contributed by atoms with E-state index in [1.54, 1.807) is 12.3 Å². The van der Waals surface area contributed by atoms with Crippen LogP contribution in [-0.2, 0) is 0 Å². The Labute approximate surface area is 155 Å². The number of amides is 1. The number of rotatable bonds is 5. The molecule has 0 spiro atoms. The van der Waals surface area contributed by atoms with E-state index in [0.717, 1.165) is 32.6 Å². The summed E-state index contributed by atoms with van der Waals surface area (Å²) in [5.74, 6) is 0.493. The third-order valence-electron chi connectivity index (χ3n) is 4.79. The van der Waals surface area contributed by atoms with Crippen molar-refractivity contribution in [2.24, 2.45) is 0 Å². The van der Waals surface area contributed by atoms with E-state index in [1.165, 1.54) is 11.3 Å². The van der Waals surface area contributed by atoms with Gasteiger partial charge in [-0.1, -0.05) is 19.1 Å². The number of carbonyl (C=O) groups is 1. The minimum atomic E-state index is -0.138. The molecule has 1 atom stereocenters. The van der Waals surface area contributed by atoms with Crippen LogP contribution in [0.1, 0.15) is 36.3 Å². The molecule has 3 rings (SSSR count). The van der Waals surface area contributed by atoms with Crippen LogP contribution in [-0.4, -0.2) is 48.1 Å². The minimum absolute atomic E-state index is 0.138. The number of hydrogen-bond acceptors (Lipinski definition) is 5. The summed E-state index contributed by atoms with van der Waals surface area (Å²) >= 11 is 0. The van der Waals surface area contributed by atoms with Gasteiger partial charge >= 0.3 is 0 Å². The number of anilines is 2. The van der Waals surface area contributed by atoms with Crippen LogP contribution in [0.25, 0.3) is 0 Å². The Bertz CT molecular complexity index is 755. The Hall–Kier alpha value is -2.63. The first-order valence-electron chi connectivity index (χ1n) is 9.27. The summed E-state index contributed by atoms with van der Waals surface area (Å²) in [4.78, 5) is 25.7. The van der Waals surface area contributed by atoms with Crippen molar-refractivity contribution in [2.75, 3.05) is 36.0 Å². The van der Waals surface area contributed by atoms with Gasteiger partial charge in [0.1, 0.15) is 5.69 Å². The second-order valence-electron chi connectivity index (χ2n) is 6.84. The summed E-state index contributed by atoms with van der Waals surface area (Å²) in [5.41, 5.74) is 2.96. The Morgan fingerprint density at radius 3 is 2.62 bits per heavy atom. The van der Waals surface area contributed by atoms with E-state index in [2.05, 4.69) is 56.3 Å². The van der Waals surface area contributed by atoms with Gasteiger partial charge in [0.15, 0.2) is 0 Å². The van der Waals surface area contributed by atoms with Crippen LogP contribution >= 0.6 is 0 Å². The van der Waals surface area contributed by atoms with E-state index in [9.17, 15) is 4.79 Å². The molecule has 0 saturated carbocycles. The Morgan fingerprint density at radius 1 is 1.19 bits per heavy atom. The molecule has 1 fully saturated rings. The summed E-state index contributed by atoms with van der Waals surface area (Å²) in [6.45, 7) is 9.65. The first-order chi connectivity index (χ1) is 12.6. The zero-order valence-electron chi connectivity index (χ0n) is 15.8. The quantitative estimate of drug-likeness (QED) is 0.895. The minimum Gasteiger partial charge on any atom is -0.368 e. The maximum atomic E-state index is 12.3. The molecule has 1 amide bonds. The molecule has 1 unspecified atom stereocenters. The average molecular weight is 353 g/mol. The topological polar surface area (TPSA) is 61.4 Å². The molecule has 2 aromatic rings. The van der Waals surface area contributed by atoms with Crippen molar-refractivity contribution in [3.05, 3.63) is 47.8 Å². The second kappa shape index (κ2) is 8.17. The van der Waals surface area contributed by atoms with E-state index >= 15 is 0 Å². The number of aryl methyl sites for hydroxylation is 1. The van der Waals surface area contributed by atoms with Crippen molar-refractivity contribution in [1.29, 1.82) is 0 Å². The molecule has 0 radical (unpaired) electrons. The smallest absolute Gasteiger partial charge is 0.270 e. The molecule has 2 heterocycles. The summed E-state index contributed by atoms with van der Waals surface area (Å²) in [7, 11) is 0. The summed E-state index contributed by atoms with van der Waals surface area (Å²) in [5, 5.41) is 2.95. The number of nitrogens with one attached hydrogen (secondary N) is 1. The molecule has 1 aromatic heterocycles. The van der Waals surface area contributed by atoms with Gasteiger partial charge in [-0.2, -0.15) is 0 Å². The van der Waals surface area contributed by atoms with Crippen molar-refractivity contribution < 1.29 is 4.79 Å². The van der Waals surface area contributed by atoms with Crippen molar-refractivity contribution >= 4 is 17.5 Å². The molecule has 26 heavy (non-hydrogen) atoms. The normalized spacial score (nSPS) is 15.7. The number of carbonyl (C=O) groups excluding carboxylic acids is 1. The van der Waals surface area contributed by atoms with Gasteiger partial charge in [-0.3, -0.25) is 4.79 Å². The molecule has 0 aliphatic carbocycles. The Morgan fingerprint density at radius 2 is 1.92 bits per heavy atom. The fourth-order valence-electron chi connectivity index (χ4n) is 3.02. The van der Waals surface area contributed by atoms with E-state index in [4.69, 9.17) is 0 Å². The lowest BCUT2D eigenvalue weighted by Gasteiger charge is -2.36. The van der Waals surface area contributed by atoms with Gasteiger partial charge in [0.25, 0.3) is 5.91 Å². The van der Waals surface area contributed by atoms with Crippen LogP contribution < -0.4 is 15.1 Å². The molecule has 6 heteroatoms. The molecule has 1 aliphatic heterocycles. The number of piperazine rings is 1. The van der Waals surface area contributed by atoms with Crippen molar-refractivity contribution in [3.63, 3.8) is 0 Å². The highest BCUT2D eigenvalue weighted by Crippen LogP contribution is 2.19. The Balaban J connectivity index is 1.64. The van der Waals surface area contributed by atoms with E-state index < -0.39 is 0 Å². The van der Waals surface area contributed by atoms with Crippen LogP contribution in [0.3, 0.4) is 0 Å². The zero-order valence-corrected chi connectivity index (χ0v) is 15.8. The Kier molecular flexibility index (Phi) is 5.71. The van der Waals surface area contributed by atoms with Gasteiger partial charge in [-0.25, -0.2) is 9.97 Å². The molecule has 1 N–H and O–H groups in total. The van der Waals surface area contributed by atoms with Crippen LogP contribution in [0.4, 0.5) is 11.6 Å². The zero-order chi connectivity index (χ0) is 18.5. The van der Waals surface area contributed by atoms with Gasteiger partial charge in [-0.15, -0.1) is 0 Å². The van der Waals surface area contributed by atoms with Crippen molar-refractivity contribution in [1.82, 2.24) is 15.3 Å². The summed E-state index contributed by atoms with van der Waals surface area (Å²) < 4.78 is 0. The molecule has 0 bridgehead atoms. The van der Waals surface area contributed by atoms with Gasteiger partial charge in [0.2, 0.25) is 5.95 Å². The van der Waals surface area contributed by atoms with Crippen LogP contribution in [0, 0.1) is 6.92 Å². The maximum absolute atomic E-state index is 12.3. The van der Waals surface area contributed by atoms with Crippen LogP contribution in [0.5, 0.6) is 0 Å². The van der Waals surface area contributed by atoms with Gasteiger partial charge in [-0.05, 0) is 44.0 Å². The molecule has 1 aliphatic rings. The third-order valence-corrected chi connectivity index (χ3v) is 4.79. The lowest BCUT2D eigenvalue weighted by Crippen LogP contribution is -2.47. The predicted molar refractivity (Wildman–Crippen MR) is 105 cm³/mol. The van der Waals surface area contributed by atoms with Gasteiger partial charge in [0, 0.05) is 44.1 Å². The fraction of sp³-hybridized carbons (Fsp3) is 0.450. The first-order valence-corrected chi connectivity index (χ1v) is 9.27. The van der Waals surface area contributed by atoms with Gasteiger partial charge < -0.3 is 15.1 Å². The fourth-order valence-corrected chi connectivity index (χ4v) is 3.02.